The van der Waals surface area contributed by atoms with E-state index in [9.17, 15) is 13.2 Å². The fourth-order valence-corrected chi connectivity index (χ4v) is 4.13. The Balaban J connectivity index is 1.89. The van der Waals surface area contributed by atoms with Gasteiger partial charge in [0.1, 0.15) is 0 Å². The molecule has 2 heterocycles. The third-order valence-corrected chi connectivity index (χ3v) is 6.23. The number of rotatable bonds is 5. The second-order valence-electron chi connectivity index (χ2n) is 5.73. The first-order valence-electron chi connectivity index (χ1n) is 7.91. The van der Waals surface area contributed by atoms with Crippen LogP contribution >= 0.6 is 11.3 Å². The number of carbonyl (C=O) groups is 1. The summed E-state index contributed by atoms with van der Waals surface area (Å²) < 4.78 is 26.1. The zero-order valence-corrected chi connectivity index (χ0v) is 15.6. The number of benzene rings is 1. The summed E-state index contributed by atoms with van der Waals surface area (Å²) in [6.07, 6.45) is 0.601. The molecule has 1 N–H and O–H groups in total. The number of hydrogen-bond acceptors (Lipinski definition) is 5. The Hall–Kier alpha value is -2.19. The first-order valence-corrected chi connectivity index (χ1v) is 10.4. The molecule has 2 aromatic rings. The topological polar surface area (TPSA) is 78.8 Å². The molecule has 0 spiro atoms. The van der Waals surface area contributed by atoms with E-state index in [1.165, 1.54) is 11.9 Å². The van der Waals surface area contributed by atoms with Crippen LogP contribution in [0, 0.1) is 0 Å². The third kappa shape index (κ3) is 3.91. The Labute approximate surface area is 151 Å². The van der Waals surface area contributed by atoms with Gasteiger partial charge < -0.3 is 0 Å². The van der Waals surface area contributed by atoms with Gasteiger partial charge in [0, 0.05) is 23.9 Å². The van der Waals surface area contributed by atoms with Crippen LogP contribution in [-0.2, 0) is 14.8 Å². The van der Waals surface area contributed by atoms with E-state index in [0.29, 0.717) is 12.1 Å². The van der Waals surface area contributed by atoms with Crippen molar-refractivity contribution in [2.24, 2.45) is 5.10 Å². The standard InChI is InChI=1S/C17H19N3O3S2/c1-3-25(22,23)19-14-7-4-6-13(10-14)15-11-16(17-8-5-9-24-17)20(18-15)12(2)21/h4-10,16,19H,3,11H2,1-2H3/t16-/m0/s1. The highest BCUT2D eigenvalue weighted by atomic mass is 32.2. The summed E-state index contributed by atoms with van der Waals surface area (Å²) in [4.78, 5) is 13.0. The Morgan fingerprint density at radius 2 is 2.16 bits per heavy atom. The van der Waals surface area contributed by atoms with Crippen LogP contribution in [0.5, 0.6) is 0 Å². The summed E-state index contributed by atoms with van der Waals surface area (Å²) in [6, 6.07) is 10.9. The van der Waals surface area contributed by atoms with Crippen LogP contribution in [0.15, 0.2) is 46.9 Å². The van der Waals surface area contributed by atoms with E-state index in [1.54, 1.807) is 36.5 Å². The normalized spacial score (nSPS) is 17.4. The van der Waals surface area contributed by atoms with E-state index < -0.39 is 10.0 Å². The monoisotopic (exact) mass is 377 g/mol. The second-order valence-corrected chi connectivity index (χ2v) is 8.72. The molecule has 0 bridgehead atoms. The molecule has 1 aliphatic rings. The van der Waals surface area contributed by atoms with E-state index in [4.69, 9.17) is 0 Å². The Morgan fingerprint density at radius 3 is 2.80 bits per heavy atom. The lowest BCUT2D eigenvalue weighted by Gasteiger charge is -2.18. The maximum absolute atomic E-state index is 12.0. The summed E-state index contributed by atoms with van der Waals surface area (Å²) in [5, 5.41) is 7.96. The van der Waals surface area contributed by atoms with Gasteiger partial charge in [-0.05, 0) is 36.1 Å². The summed E-state index contributed by atoms with van der Waals surface area (Å²) in [6.45, 7) is 3.09. The quantitative estimate of drug-likeness (QED) is 0.869. The van der Waals surface area contributed by atoms with Gasteiger partial charge in [-0.1, -0.05) is 18.2 Å². The van der Waals surface area contributed by atoms with Crippen molar-refractivity contribution in [2.45, 2.75) is 26.3 Å². The molecule has 8 heteroatoms. The highest BCUT2D eigenvalue weighted by Crippen LogP contribution is 2.35. The molecule has 1 atom stereocenters. The van der Waals surface area contributed by atoms with Crippen LogP contribution < -0.4 is 4.72 Å². The molecular weight excluding hydrogens is 358 g/mol. The molecular formula is C17H19N3O3S2. The van der Waals surface area contributed by atoms with Gasteiger partial charge in [0.15, 0.2) is 0 Å². The van der Waals surface area contributed by atoms with Gasteiger partial charge in [-0.25, -0.2) is 13.4 Å². The van der Waals surface area contributed by atoms with Crippen LogP contribution in [0.2, 0.25) is 0 Å². The number of anilines is 1. The van der Waals surface area contributed by atoms with E-state index in [1.807, 2.05) is 23.6 Å². The van der Waals surface area contributed by atoms with Crippen molar-refractivity contribution in [3.8, 4) is 0 Å². The lowest BCUT2D eigenvalue weighted by molar-refractivity contribution is -0.130. The third-order valence-electron chi connectivity index (χ3n) is 3.95. The molecule has 1 aliphatic heterocycles. The lowest BCUT2D eigenvalue weighted by Crippen LogP contribution is -2.23. The second kappa shape index (κ2) is 6.97. The minimum Gasteiger partial charge on any atom is -0.284 e. The number of hydrazone groups is 1. The number of thiophene rings is 1. The van der Waals surface area contributed by atoms with Crippen molar-refractivity contribution >= 4 is 38.7 Å². The molecule has 0 fully saturated rings. The fourth-order valence-electron chi connectivity index (χ4n) is 2.69. The minimum atomic E-state index is -3.34. The van der Waals surface area contributed by atoms with Crippen molar-refractivity contribution in [3.63, 3.8) is 0 Å². The maximum Gasteiger partial charge on any atom is 0.240 e. The number of carbonyl (C=O) groups excluding carboxylic acids is 1. The van der Waals surface area contributed by atoms with Crippen molar-refractivity contribution < 1.29 is 13.2 Å². The molecule has 25 heavy (non-hydrogen) atoms. The summed E-state index contributed by atoms with van der Waals surface area (Å²) in [5.74, 6) is -0.104. The average molecular weight is 377 g/mol. The number of nitrogens with one attached hydrogen (secondary N) is 1. The van der Waals surface area contributed by atoms with Gasteiger partial charge in [0.25, 0.3) is 0 Å². The molecule has 132 valence electrons. The Kier molecular flexibility index (Phi) is 4.91. The number of amides is 1. The Bertz CT molecular complexity index is 905. The van der Waals surface area contributed by atoms with Crippen LogP contribution in [-0.4, -0.2) is 30.8 Å². The van der Waals surface area contributed by atoms with Crippen molar-refractivity contribution in [3.05, 3.63) is 52.2 Å². The van der Waals surface area contributed by atoms with Crippen molar-refractivity contribution in [1.29, 1.82) is 0 Å². The molecule has 1 aromatic carbocycles. The van der Waals surface area contributed by atoms with E-state index in [2.05, 4.69) is 9.82 Å². The maximum atomic E-state index is 12.0. The molecule has 0 saturated carbocycles. The molecule has 0 saturated heterocycles. The minimum absolute atomic E-state index is 0.0107. The summed E-state index contributed by atoms with van der Waals surface area (Å²) >= 11 is 1.59. The van der Waals surface area contributed by atoms with Gasteiger partial charge in [0.2, 0.25) is 15.9 Å². The van der Waals surface area contributed by atoms with Gasteiger partial charge >= 0.3 is 0 Å². The average Bonchev–Trinajstić information content (AvgIpc) is 3.24. The zero-order valence-electron chi connectivity index (χ0n) is 14.0. The van der Waals surface area contributed by atoms with Crippen LogP contribution in [0.3, 0.4) is 0 Å². The Morgan fingerprint density at radius 1 is 1.36 bits per heavy atom. The van der Waals surface area contributed by atoms with Gasteiger partial charge in [0.05, 0.1) is 17.5 Å². The van der Waals surface area contributed by atoms with Gasteiger partial charge in [-0.15, -0.1) is 11.3 Å². The molecule has 6 nitrogen and oxygen atoms in total. The zero-order chi connectivity index (χ0) is 18.0. The van der Waals surface area contributed by atoms with E-state index >= 15 is 0 Å². The highest BCUT2D eigenvalue weighted by Gasteiger charge is 2.32. The number of nitrogens with zero attached hydrogens (tertiary/aromatic N) is 2. The molecule has 0 radical (unpaired) electrons. The molecule has 1 amide bonds. The fraction of sp³-hybridized carbons (Fsp3) is 0.294. The van der Waals surface area contributed by atoms with E-state index in [-0.39, 0.29) is 17.7 Å². The number of sulfonamides is 1. The summed E-state index contributed by atoms with van der Waals surface area (Å²) in [7, 11) is -3.34. The lowest BCUT2D eigenvalue weighted by atomic mass is 10.0. The van der Waals surface area contributed by atoms with Crippen molar-refractivity contribution in [1.82, 2.24) is 5.01 Å². The van der Waals surface area contributed by atoms with Gasteiger partial charge in [-0.2, -0.15) is 5.10 Å². The molecule has 0 aliphatic carbocycles. The van der Waals surface area contributed by atoms with Crippen LogP contribution in [0.25, 0.3) is 0 Å². The van der Waals surface area contributed by atoms with Crippen LogP contribution in [0.4, 0.5) is 5.69 Å². The molecule has 1 aromatic heterocycles. The van der Waals surface area contributed by atoms with E-state index in [0.717, 1.165) is 16.2 Å². The first kappa shape index (κ1) is 17.6. The predicted molar refractivity (Wildman–Crippen MR) is 100 cm³/mol. The largest absolute Gasteiger partial charge is 0.284 e. The SMILES string of the molecule is CCS(=O)(=O)Nc1cccc(C2=NN(C(C)=O)[C@H](c3cccs3)C2)c1. The summed E-state index contributed by atoms with van der Waals surface area (Å²) in [5.41, 5.74) is 2.07. The number of hydrogen-bond donors (Lipinski definition) is 1. The van der Waals surface area contributed by atoms with Gasteiger partial charge in [-0.3, -0.25) is 9.52 Å². The molecule has 0 unspecified atom stereocenters. The predicted octanol–water partition coefficient (Wildman–Crippen LogP) is 3.21. The van der Waals surface area contributed by atoms with Crippen molar-refractivity contribution in [2.75, 3.05) is 10.5 Å². The van der Waals surface area contributed by atoms with Crippen LogP contribution in [0.1, 0.15) is 36.8 Å². The smallest absolute Gasteiger partial charge is 0.240 e. The molecule has 3 rings (SSSR count). The highest BCUT2D eigenvalue weighted by molar-refractivity contribution is 7.92. The first-order chi connectivity index (χ1) is 11.9.